The third-order valence-corrected chi connectivity index (χ3v) is 5.66. The maximum Gasteiger partial charge on any atom is 0.253 e. The second kappa shape index (κ2) is 8.17. The van der Waals surface area contributed by atoms with Crippen molar-refractivity contribution >= 4 is 5.91 Å². The third-order valence-electron chi connectivity index (χ3n) is 5.66. The number of aromatic nitrogens is 2. The van der Waals surface area contributed by atoms with Crippen molar-refractivity contribution in [2.24, 2.45) is 5.92 Å². The Bertz CT molecular complexity index is 763. The molecule has 1 atom stereocenters. The molecule has 2 fully saturated rings. The van der Waals surface area contributed by atoms with Crippen molar-refractivity contribution in [3.63, 3.8) is 0 Å². The summed E-state index contributed by atoms with van der Waals surface area (Å²) < 4.78 is 5.78. The molecule has 0 unspecified atom stereocenters. The van der Waals surface area contributed by atoms with E-state index in [9.17, 15) is 4.79 Å². The van der Waals surface area contributed by atoms with Gasteiger partial charge in [0.2, 0.25) is 0 Å². The van der Waals surface area contributed by atoms with Crippen LogP contribution in [0.1, 0.15) is 48.2 Å². The van der Waals surface area contributed by atoms with Gasteiger partial charge in [-0.2, -0.15) is 10.2 Å². The van der Waals surface area contributed by atoms with E-state index in [0.29, 0.717) is 12.5 Å². The number of hydrogen-bond acceptors (Lipinski definition) is 4. The highest BCUT2D eigenvalue weighted by Crippen LogP contribution is 2.28. The topological polar surface area (TPSA) is 55.3 Å². The van der Waals surface area contributed by atoms with Gasteiger partial charge in [-0.25, -0.2) is 0 Å². The average molecular weight is 365 g/mol. The molecule has 0 bridgehead atoms. The molecule has 2 aliphatic rings. The van der Waals surface area contributed by atoms with E-state index in [1.165, 1.54) is 19.3 Å². The Hall–Kier alpha value is -2.27. The molecule has 1 aromatic heterocycles. The van der Waals surface area contributed by atoms with Crippen LogP contribution in [0.3, 0.4) is 0 Å². The van der Waals surface area contributed by atoms with Crippen molar-refractivity contribution in [2.45, 2.75) is 45.1 Å². The SMILES string of the molecule is Cc1ccc(-c2ccc(C(=O)N(CC3CCC3)C[C@@H]3CCCO3)cc2)nn1. The van der Waals surface area contributed by atoms with E-state index in [1.54, 1.807) is 0 Å². The van der Waals surface area contributed by atoms with Crippen molar-refractivity contribution in [3.8, 4) is 11.3 Å². The molecule has 0 spiro atoms. The predicted octanol–water partition coefficient (Wildman–Crippen LogP) is 3.87. The number of amides is 1. The Morgan fingerprint density at radius 2 is 1.85 bits per heavy atom. The number of rotatable bonds is 6. The van der Waals surface area contributed by atoms with Crippen LogP contribution in [0.4, 0.5) is 0 Å². The smallest absolute Gasteiger partial charge is 0.253 e. The van der Waals surface area contributed by atoms with Crippen LogP contribution in [-0.2, 0) is 4.74 Å². The normalized spacial score (nSPS) is 19.7. The third kappa shape index (κ3) is 4.35. The summed E-state index contributed by atoms with van der Waals surface area (Å²) >= 11 is 0. The lowest BCUT2D eigenvalue weighted by molar-refractivity contribution is 0.0448. The van der Waals surface area contributed by atoms with Gasteiger partial charge in [-0.05, 0) is 62.8 Å². The monoisotopic (exact) mass is 365 g/mol. The van der Waals surface area contributed by atoms with E-state index in [1.807, 2.05) is 48.2 Å². The first-order chi connectivity index (χ1) is 13.2. The van der Waals surface area contributed by atoms with Crippen LogP contribution in [0.5, 0.6) is 0 Å². The Morgan fingerprint density at radius 1 is 1.04 bits per heavy atom. The maximum atomic E-state index is 13.1. The zero-order chi connectivity index (χ0) is 18.6. The molecule has 1 aliphatic carbocycles. The fraction of sp³-hybridized carbons (Fsp3) is 0.500. The molecule has 142 valence electrons. The van der Waals surface area contributed by atoms with Crippen molar-refractivity contribution in [1.29, 1.82) is 0 Å². The zero-order valence-electron chi connectivity index (χ0n) is 15.9. The van der Waals surface area contributed by atoms with Crippen LogP contribution >= 0.6 is 0 Å². The lowest BCUT2D eigenvalue weighted by atomic mass is 9.85. The molecule has 5 heteroatoms. The number of benzene rings is 1. The first-order valence-corrected chi connectivity index (χ1v) is 10.0. The molecule has 1 saturated carbocycles. The van der Waals surface area contributed by atoms with Gasteiger partial charge < -0.3 is 9.64 Å². The summed E-state index contributed by atoms with van der Waals surface area (Å²) in [6.07, 6.45) is 6.11. The van der Waals surface area contributed by atoms with E-state index in [0.717, 1.165) is 48.5 Å². The summed E-state index contributed by atoms with van der Waals surface area (Å²) in [4.78, 5) is 15.2. The minimum atomic E-state index is 0.110. The summed E-state index contributed by atoms with van der Waals surface area (Å²) in [7, 11) is 0. The largest absolute Gasteiger partial charge is 0.376 e. The molecule has 1 aromatic carbocycles. The highest BCUT2D eigenvalue weighted by atomic mass is 16.5. The number of hydrogen-bond donors (Lipinski definition) is 0. The lowest BCUT2D eigenvalue weighted by Gasteiger charge is -2.33. The van der Waals surface area contributed by atoms with Crippen LogP contribution < -0.4 is 0 Å². The van der Waals surface area contributed by atoms with E-state index >= 15 is 0 Å². The molecule has 1 aliphatic heterocycles. The molecule has 1 saturated heterocycles. The summed E-state index contributed by atoms with van der Waals surface area (Å²) in [5.41, 5.74) is 3.43. The molecule has 2 aromatic rings. The quantitative estimate of drug-likeness (QED) is 0.780. The van der Waals surface area contributed by atoms with Crippen molar-refractivity contribution in [3.05, 3.63) is 47.7 Å². The Kier molecular flexibility index (Phi) is 5.48. The standard InChI is InChI=1S/C22H27N3O2/c1-16-7-12-21(24-23-16)18-8-10-19(11-9-18)22(26)25(14-17-4-2-5-17)15-20-6-3-13-27-20/h7-12,17,20H,2-6,13-15H2,1H3/t20-/m0/s1. The number of carbonyl (C=O) groups is 1. The number of carbonyl (C=O) groups excluding carboxylic acids is 1. The van der Waals surface area contributed by atoms with Gasteiger partial charge in [-0.15, -0.1) is 0 Å². The van der Waals surface area contributed by atoms with Gasteiger partial charge in [0.15, 0.2) is 0 Å². The van der Waals surface area contributed by atoms with Gasteiger partial charge in [0.1, 0.15) is 0 Å². The van der Waals surface area contributed by atoms with Crippen LogP contribution in [0.15, 0.2) is 36.4 Å². The summed E-state index contributed by atoms with van der Waals surface area (Å²) in [5, 5.41) is 8.33. The number of aryl methyl sites for hydroxylation is 1. The molecule has 0 radical (unpaired) electrons. The molecular weight excluding hydrogens is 338 g/mol. The molecule has 27 heavy (non-hydrogen) atoms. The van der Waals surface area contributed by atoms with Crippen LogP contribution in [0, 0.1) is 12.8 Å². The number of ether oxygens (including phenoxy) is 1. The lowest BCUT2D eigenvalue weighted by Crippen LogP contribution is -2.41. The fourth-order valence-electron chi connectivity index (χ4n) is 3.78. The summed E-state index contributed by atoms with van der Waals surface area (Å²) in [6, 6.07) is 11.6. The summed E-state index contributed by atoms with van der Waals surface area (Å²) in [6.45, 7) is 4.30. The van der Waals surface area contributed by atoms with Crippen LogP contribution in [0.25, 0.3) is 11.3 Å². The van der Waals surface area contributed by atoms with E-state index in [4.69, 9.17) is 4.74 Å². The molecule has 4 rings (SSSR count). The molecule has 5 nitrogen and oxygen atoms in total. The minimum absolute atomic E-state index is 0.110. The molecule has 2 heterocycles. The molecule has 0 N–H and O–H groups in total. The predicted molar refractivity (Wildman–Crippen MR) is 104 cm³/mol. The highest BCUT2D eigenvalue weighted by molar-refractivity contribution is 5.94. The van der Waals surface area contributed by atoms with E-state index in [-0.39, 0.29) is 12.0 Å². The van der Waals surface area contributed by atoms with Crippen molar-refractivity contribution < 1.29 is 9.53 Å². The maximum absolute atomic E-state index is 13.1. The summed E-state index contributed by atoms with van der Waals surface area (Å²) in [5.74, 6) is 0.761. The van der Waals surface area contributed by atoms with Gasteiger partial charge >= 0.3 is 0 Å². The van der Waals surface area contributed by atoms with Gasteiger partial charge in [0.25, 0.3) is 5.91 Å². The van der Waals surface area contributed by atoms with Gasteiger partial charge in [-0.3, -0.25) is 4.79 Å². The van der Waals surface area contributed by atoms with E-state index < -0.39 is 0 Å². The average Bonchev–Trinajstić information content (AvgIpc) is 3.17. The fourth-order valence-corrected chi connectivity index (χ4v) is 3.78. The minimum Gasteiger partial charge on any atom is -0.376 e. The van der Waals surface area contributed by atoms with Crippen LogP contribution in [-0.4, -0.2) is 46.8 Å². The first-order valence-electron chi connectivity index (χ1n) is 10.0. The second-order valence-corrected chi connectivity index (χ2v) is 7.78. The number of nitrogens with zero attached hydrogens (tertiary/aromatic N) is 3. The Morgan fingerprint density at radius 3 is 2.44 bits per heavy atom. The van der Waals surface area contributed by atoms with E-state index in [2.05, 4.69) is 10.2 Å². The molecule has 1 amide bonds. The Labute approximate surface area is 160 Å². The Balaban J connectivity index is 1.48. The van der Waals surface area contributed by atoms with Crippen molar-refractivity contribution in [1.82, 2.24) is 15.1 Å². The first kappa shape index (κ1) is 18.1. The van der Waals surface area contributed by atoms with Crippen molar-refractivity contribution in [2.75, 3.05) is 19.7 Å². The highest BCUT2D eigenvalue weighted by Gasteiger charge is 2.28. The molecular formula is C22H27N3O2. The van der Waals surface area contributed by atoms with Gasteiger partial charge in [-0.1, -0.05) is 18.6 Å². The van der Waals surface area contributed by atoms with Gasteiger partial charge in [0, 0.05) is 30.8 Å². The van der Waals surface area contributed by atoms with Gasteiger partial charge in [0.05, 0.1) is 17.5 Å². The van der Waals surface area contributed by atoms with Crippen LogP contribution in [0.2, 0.25) is 0 Å². The zero-order valence-corrected chi connectivity index (χ0v) is 15.9. The second-order valence-electron chi connectivity index (χ2n) is 7.78.